The predicted octanol–water partition coefficient (Wildman–Crippen LogP) is 1.81. The molecule has 0 spiro atoms. The van der Waals surface area contributed by atoms with Gasteiger partial charge in [0.05, 0.1) is 5.01 Å². The van der Waals surface area contributed by atoms with Crippen molar-refractivity contribution in [3.8, 4) is 0 Å². The van der Waals surface area contributed by atoms with Gasteiger partial charge in [-0.3, -0.25) is 4.79 Å². The molecule has 1 aliphatic rings. The van der Waals surface area contributed by atoms with Crippen LogP contribution >= 0.6 is 11.3 Å². The Kier molecular flexibility index (Phi) is 3.19. The van der Waals surface area contributed by atoms with Crippen LogP contribution in [0.5, 0.6) is 0 Å². The number of aldehydes is 1. The molecule has 0 radical (unpaired) electrons. The molecule has 2 heterocycles. The van der Waals surface area contributed by atoms with E-state index in [0.29, 0.717) is 24.7 Å². The van der Waals surface area contributed by atoms with Gasteiger partial charge in [0.2, 0.25) is 0 Å². The van der Waals surface area contributed by atoms with Gasteiger partial charge in [-0.05, 0) is 12.8 Å². The monoisotopic (exact) mass is 240 g/mol. The molecule has 1 aromatic rings. The maximum Gasteiger partial charge on any atom is 0.407 e. The Bertz CT molecular complexity index is 397. The van der Waals surface area contributed by atoms with Crippen molar-refractivity contribution in [3.05, 3.63) is 16.1 Å². The number of amides is 1. The van der Waals surface area contributed by atoms with Crippen molar-refractivity contribution in [1.29, 1.82) is 0 Å². The molecule has 86 valence electrons. The molecule has 5 nitrogen and oxygen atoms in total. The fourth-order valence-corrected chi connectivity index (χ4v) is 2.80. The van der Waals surface area contributed by atoms with Gasteiger partial charge in [-0.15, -0.1) is 11.3 Å². The predicted molar refractivity (Wildman–Crippen MR) is 59.1 cm³/mol. The number of hydrogen-bond acceptors (Lipinski definition) is 4. The number of carboxylic acid groups (broad SMARTS) is 1. The zero-order chi connectivity index (χ0) is 11.5. The molecular weight excluding hydrogens is 228 g/mol. The number of piperidine rings is 1. The summed E-state index contributed by atoms with van der Waals surface area (Å²) in [5.41, 5.74) is 0.473. The van der Waals surface area contributed by atoms with Gasteiger partial charge in [0.15, 0.2) is 6.29 Å². The molecule has 1 N–H and O–H groups in total. The first-order valence-electron chi connectivity index (χ1n) is 5.09. The first-order valence-corrected chi connectivity index (χ1v) is 5.97. The van der Waals surface area contributed by atoms with Crippen LogP contribution in [0.2, 0.25) is 0 Å². The van der Waals surface area contributed by atoms with E-state index in [1.807, 2.05) is 0 Å². The summed E-state index contributed by atoms with van der Waals surface area (Å²) >= 11 is 1.48. The van der Waals surface area contributed by atoms with E-state index in [1.165, 1.54) is 16.2 Å². The molecule has 0 bridgehead atoms. The molecule has 1 aliphatic heterocycles. The molecule has 0 aliphatic carbocycles. The lowest BCUT2D eigenvalue weighted by molar-refractivity contribution is 0.111. The lowest BCUT2D eigenvalue weighted by Gasteiger charge is -2.28. The SMILES string of the molecule is O=Cc1csc(C2CCN(C(=O)O)CC2)n1. The van der Waals surface area contributed by atoms with Crippen molar-refractivity contribution in [2.75, 3.05) is 13.1 Å². The average molecular weight is 240 g/mol. The molecule has 0 saturated carbocycles. The highest BCUT2D eigenvalue weighted by Crippen LogP contribution is 2.29. The van der Waals surface area contributed by atoms with Crippen LogP contribution in [0.3, 0.4) is 0 Å². The minimum Gasteiger partial charge on any atom is -0.465 e. The van der Waals surface area contributed by atoms with Crippen LogP contribution < -0.4 is 0 Å². The second kappa shape index (κ2) is 4.61. The van der Waals surface area contributed by atoms with Crippen LogP contribution in [0, 0.1) is 0 Å². The first-order chi connectivity index (χ1) is 7.70. The number of rotatable bonds is 2. The maximum absolute atomic E-state index is 10.7. The third-order valence-electron chi connectivity index (χ3n) is 2.78. The van der Waals surface area contributed by atoms with Gasteiger partial charge in [-0.2, -0.15) is 0 Å². The van der Waals surface area contributed by atoms with Crippen LogP contribution in [0.4, 0.5) is 4.79 Å². The van der Waals surface area contributed by atoms with Gasteiger partial charge < -0.3 is 10.0 Å². The molecule has 0 aromatic carbocycles. The Morgan fingerprint density at radius 3 is 2.75 bits per heavy atom. The summed E-state index contributed by atoms with van der Waals surface area (Å²) in [6, 6.07) is 0. The van der Waals surface area contributed by atoms with E-state index >= 15 is 0 Å². The van der Waals surface area contributed by atoms with E-state index in [2.05, 4.69) is 4.98 Å². The van der Waals surface area contributed by atoms with Crippen molar-refractivity contribution in [3.63, 3.8) is 0 Å². The fourth-order valence-electron chi connectivity index (χ4n) is 1.86. The van der Waals surface area contributed by atoms with Crippen molar-refractivity contribution >= 4 is 23.7 Å². The summed E-state index contributed by atoms with van der Waals surface area (Å²) < 4.78 is 0. The molecule has 0 unspecified atom stereocenters. The Hall–Kier alpha value is -1.43. The normalized spacial score (nSPS) is 17.4. The average Bonchev–Trinajstić information content (AvgIpc) is 2.77. The zero-order valence-electron chi connectivity index (χ0n) is 8.63. The van der Waals surface area contributed by atoms with Crippen molar-refractivity contribution < 1.29 is 14.7 Å². The van der Waals surface area contributed by atoms with E-state index < -0.39 is 6.09 Å². The summed E-state index contributed by atoms with van der Waals surface area (Å²) in [6.07, 6.45) is 1.47. The number of carbonyl (C=O) groups excluding carboxylic acids is 1. The van der Waals surface area contributed by atoms with Gasteiger partial charge in [-0.25, -0.2) is 9.78 Å². The van der Waals surface area contributed by atoms with E-state index in [0.717, 1.165) is 24.1 Å². The summed E-state index contributed by atoms with van der Waals surface area (Å²) in [5, 5.41) is 11.5. The van der Waals surface area contributed by atoms with Crippen molar-refractivity contribution in [2.45, 2.75) is 18.8 Å². The fraction of sp³-hybridized carbons (Fsp3) is 0.500. The van der Waals surface area contributed by atoms with E-state index in [1.54, 1.807) is 5.38 Å². The Labute approximate surface area is 96.7 Å². The molecular formula is C10H12N2O3S. The standard InChI is InChI=1S/C10H12N2O3S/c13-5-8-6-16-9(11-8)7-1-3-12(4-2-7)10(14)15/h5-7H,1-4H2,(H,14,15). The van der Waals surface area contributed by atoms with Crippen LogP contribution in [-0.2, 0) is 0 Å². The molecule has 1 saturated heterocycles. The Balaban J connectivity index is 1.98. The molecule has 6 heteroatoms. The third-order valence-corrected chi connectivity index (χ3v) is 3.80. The van der Waals surface area contributed by atoms with Gasteiger partial charge >= 0.3 is 6.09 Å². The molecule has 1 aromatic heterocycles. The number of likely N-dealkylation sites (tertiary alicyclic amines) is 1. The van der Waals surface area contributed by atoms with Crippen LogP contribution in [0.15, 0.2) is 5.38 Å². The maximum atomic E-state index is 10.7. The van der Waals surface area contributed by atoms with E-state index in [4.69, 9.17) is 5.11 Å². The minimum absolute atomic E-state index is 0.300. The van der Waals surface area contributed by atoms with Gasteiger partial charge in [-0.1, -0.05) is 0 Å². The Morgan fingerprint density at radius 2 is 2.25 bits per heavy atom. The molecule has 16 heavy (non-hydrogen) atoms. The zero-order valence-corrected chi connectivity index (χ0v) is 9.44. The summed E-state index contributed by atoms with van der Waals surface area (Å²) in [7, 11) is 0. The second-order valence-electron chi connectivity index (χ2n) is 3.77. The number of carbonyl (C=O) groups is 2. The summed E-state index contributed by atoms with van der Waals surface area (Å²) in [6.45, 7) is 1.10. The van der Waals surface area contributed by atoms with Crippen LogP contribution in [0.1, 0.15) is 34.3 Å². The molecule has 1 fully saturated rings. The summed E-state index contributed by atoms with van der Waals surface area (Å²) in [5.74, 6) is 0.300. The molecule has 0 atom stereocenters. The highest BCUT2D eigenvalue weighted by molar-refractivity contribution is 7.09. The molecule has 1 amide bonds. The van der Waals surface area contributed by atoms with Crippen LogP contribution in [-0.4, -0.2) is 40.5 Å². The first kappa shape index (κ1) is 11.1. The largest absolute Gasteiger partial charge is 0.465 e. The summed E-state index contributed by atoms with van der Waals surface area (Å²) in [4.78, 5) is 26.8. The quantitative estimate of drug-likeness (QED) is 0.800. The Morgan fingerprint density at radius 1 is 1.56 bits per heavy atom. The lowest BCUT2D eigenvalue weighted by Crippen LogP contribution is -2.36. The van der Waals surface area contributed by atoms with Gasteiger partial charge in [0.1, 0.15) is 5.69 Å². The number of hydrogen-bond donors (Lipinski definition) is 1. The third kappa shape index (κ3) is 2.21. The van der Waals surface area contributed by atoms with Crippen LogP contribution in [0.25, 0.3) is 0 Å². The number of nitrogens with zero attached hydrogens (tertiary/aromatic N) is 2. The minimum atomic E-state index is -0.855. The lowest BCUT2D eigenvalue weighted by atomic mass is 9.98. The van der Waals surface area contributed by atoms with E-state index in [9.17, 15) is 9.59 Å². The van der Waals surface area contributed by atoms with E-state index in [-0.39, 0.29) is 0 Å². The topological polar surface area (TPSA) is 70.5 Å². The van der Waals surface area contributed by atoms with Crippen molar-refractivity contribution in [2.24, 2.45) is 0 Å². The smallest absolute Gasteiger partial charge is 0.407 e. The highest BCUT2D eigenvalue weighted by atomic mass is 32.1. The molecule has 2 rings (SSSR count). The second-order valence-corrected chi connectivity index (χ2v) is 4.66. The number of thiazole rings is 1. The van der Waals surface area contributed by atoms with Gasteiger partial charge in [0.25, 0.3) is 0 Å². The number of aromatic nitrogens is 1. The van der Waals surface area contributed by atoms with Gasteiger partial charge in [0, 0.05) is 24.4 Å². The van der Waals surface area contributed by atoms with Crippen molar-refractivity contribution in [1.82, 2.24) is 9.88 Å². The highest BCUT2D eigenvalue weighted by Gasteiger charge is 2.25.